The van der Waals surface area contributed by atoms with Gasteiger partial charge in [-0.2, -0.15) is 4.98 Å². The van der Waals surface area contributed by atoms with E-state index in [0.29, 0.717) is 22.5 Å². The van der Waals surface area contributed by atoms with Crippen molar-refractivity contribution in [1.82, 2.24) is 4.98 Å². The lowest BCUT2D eigenvalue weighted by atomic mass is 10.1. The number of nitro benzene ring substituents is 1. The monoisotopic (exact) mass is 247 g/mol. The summed E-state index contributed by atoms with van der Waals surface area (Å²) in [5.74, 6) is 0. The third-order valence-electron chi connectivity index (χ3n) is 3.35. The van der Waals surface area contributed by atoms with E-state index in [1.165, 1.54) is 25.0 Å². The van der Waals surface area contributed by atoms with E-state index in [9.17, 15) is 10.1 Å². The maximum Gasteiger partial charge on any atom is 0.295 e. The van der Waals surface area contributed by atoms with Crippen LogP contribution in [-0.2, 0) is 0 Å². The van der Waals surface area contributed by atoms with E-state index < -0.39 is 4.92 Å². The fourth-order valence-corrected chi connectivity index (χ4v) is 1.78. The summed E-state index contributed by atoms with van der Waals surface area (Å²) in [6.07, 6.45) is 2.43. The highest BCUT2D eigenvalue weighted by atomic mass is 16.6. The number of fused-ring (bicyclic) bond motifs is 1. The maximum absolute atomic E-state index is 10.6. The second-order valence-electron chi connectivity index (χ2n) is 5.09. The van der Waals surface area contributed by atoms with Gasteiger partial charge in [-0.05, 0) is 24.3 Å². The third-order valence-corrected chi connectivity index (χ3v) is 3.35. The molecule has 0 saturated heterocycles. The summed E-state index contributed by atoms with van der Waals surface area (Å²) in [6.45, 7) is 3.02. The van der Waals surface area contributed by atoms with Crippen molar-refractivity contribution >= 4 is 22.8 Å². The molecule has 1 heterocycles. The Morgan fingerprint density at radius 3 is 3.00 bits per heavy atom. The van der Waals surface area contributed by atoms with Crippen LogP contribution in [0.4, 0.5) is 11.7 Å². The zero-order valence-corrected chi connectivity index (χ0v) is 9.97. The van der Waals surface area contributed by atoms with Gasteiger partial charge in [-0.3, -0.25) is 10.1 Å². The summed E-state index contributed by atoms with van der Waals surface area (Å²) in [7, 11) is 0. The minimum atomic E-state index is -0.444. The van der Waals surface area contributed by atoms with Crippen molar-refractivity contribution in [3.05, 3.63) is 28.3 Å². The average Bonchev–Trinajstić information content (AvgIpc) is 2.92. The summed E-state index contributed by atoms with van der Waals surface area (Å²) in [6, 6.07) is 4.85. The fourth-order valence-electron chi connectivity index (χ4n) is 1.78. The minimum absolute atomic E-state index is 0.0133. The topological polar surface area (TPSA) is 81.2 Å². The summed E-state index contributed by atoms with van der Waals surface area (Å²) in [5, 5.41) is 13.8. The van der Waals surface area contributed by atoms with Gasteiger partial charge in [0.1, 0.15) is 5.52 Å². The number of nitrogens with one attached hydrogen (secondary N) is 1. The average molecular weight is 247 g/mol. The van der Waals surface area contributed by atoms with Crippen molar-refractivity contribution in [1.29, 1.82) is 0 Å². The van der Waals surface area contributed by atoms with Gasteiger partial charge in [0, 0.05) is 12.6 Å². The Hall–Kier alpha value is -2.11. The van der Waals surface area contributed by atoms with Crippen molar-refractivity contribution in [2.24, 2.45) is 5.41 Å². The quantitative estimate of drug-likeness (QED) is 0.663. The van der Waals surface area contributed by atoms with Gasteiger partial charge in [0.2, 0.25) is 0 Å². The molecule has 0 atom stereocenters. The molecule has 94 valence electrons. The molecule has 6 heteroatoms. The zero-order valence-electron chi connectivity index (χ0n) is 9.97. The molecule has 6 nitrogen and oxygen atoms in total. The number of benzene rings is 1. The molecule has 0 radical (unpaired) electrons. The van der Waals surface area contributed by atoms with Gasteiger partial charge < -0.3 is 9.73 Å². The first-order valence-corrected chi connectivity index (χ1v) is 5.85. The first-order chi connectivity index (χ1) is 8.56. The first kappa shape index (κ1) is 11.0. The Morgan fingerprint density at radius 2 is 2.33 bits per heavy atom. The molecule has 0 bridgehead atoms. The molecule has 0 spiro atoms. The van der Waals surface area contributed by atoms with Crippen LogP contribution in [0, 0.1) is 15.5 Å². The molecule has 1 aromatic heterocycles. The second-order valence-corrected chi connectivity index (χ2v) is 5.09. The van der Waals surface area contributed by atoms with Gasteiger partial charge in [-0.25, -0.2) is 0 Å². The first-order valence-electron chi connectivity index (χ1n) is 5.85. The summed E-state index contributed by atoms with van der Waals surface area (Å²) < 4.78 is 5.46. The molecule has 18 heavy (non-hydrogen) atoms. The van der Waals surface area contributed by atoms with Crippen molar-refractivity contribution in [2.45, 2.75) is 19.8 Å². The number of rotatable bonds is 4. The van der Waals surface area contributed by atoms with Crippen molar-refractivity contribution < 1.29 is 9.34 Å². The van der Waals surface area contributed by atoms with Crippen molar-refractivity contribution in [2.75, 3.05) is 11.9 Å². The van der Waals surface area contributed by atoms with Crippen LogP contribution in [0.3, 0.4) is 0 Å². The molecule has 0 aliphatic heterocycles. The van der Waals surface area contributed by atoms with E-state index in [1.807, 2.05) is 0 Å². The molecule has 1 N–H and O–H groups in total. The summed E-state index contributed by atoms with van der Waals surface area (Å²) >= 11 is 0. The Bertz CT molecular complexity index is 616. The van der Waals surface area contributed by atoms with Gasteiger partial charge >= 0.3 is 0 Å². The van der Waals surface area contributed by atoms with E-state index >= 15 is 0 Å². The van der Waals surface area contributed by atoms with Crippen LogP contribution in [0.5, 0.6) is 0 Å². The molecule has 0 unspecified atom stereocenters. The molecular weight excluding hydrogens is 234 g/mol. The minimum Gasteiger partial charge on any atom is -0.423 e. The molecule has 0 amide bonds. The number of non-ortho nitro benzene ring substituents is 1. The predicted molar refractivity (Wildman–Crippen MR) is 66.5 cm³/mol. The highest BCUT2D eigenvalue weighted by Gasteiger charge is 2.37. The molecule has 1 aliphatic rings. The Labute approximate surface area is 103 Å². The van der Waals surface area contributed by atoms with Crippen LogP contribution in [0.2, 0.25) is 0 Å². The third kappa shape index (κ3) is 2.01. The number of nitro groups is 1. The van der Waals surface area contributed by atoms with Gasteiger partial charge in [0.05, 0.1) is 11.0 Å². The fraction of sp³-hybridized carbons (Fsp3) is 0.417. The SMILES string of the molecule is CC1(CNc2nc3ccc([N+](=O)[O-])cc3o2)CC1. The van der Waals surface area contributed by atoms with Gasteiger partial charge in [0.15, 0.2) is 5.58 Å². The van der Waals surface area contributed by atoms with Crippen molar-refractivity contribution in [3.8, 4) is 0 Å². The Kier molecular flexibility index (Phi) is 2.26. The lowest BCUT2D eigenvalue weighted by Gasteiger charge is -2.06. The van der Waals surface area contributed by atoms with Crippen molar-refractivity contribution in [3.63, 3.8) is 0 Å². The number of nitrogens with zero attached hydrogens (tertiary/aromatic N) is 2. The predicted octanol–water partition coefficient (Wildman–Crippen LogP) is 2.95. The number of anilines is 1. The normalized spacial score (nSPS) is 16.7. The van der Waals surface area contributed by atoms with E-state index in [1.54, 1.807) is 6.07 Å². The van der Waals surface area contributed by atoms with Crippen LogP contribution in [0.15, 0.2) is 22.6 Å². The number of hydrogen-bond donors (Lipinski definition) is 1. The highest BCUT2D eigenvalue weighted by molar-refractivity contribution is 5.77. The number of hydrogen-bond acceptors (Lipinski definition) is 5. The molecule has 1 aliphatic carbocycles. The largest absolute Gasteiger partial charge is 0.423 e. The smallest absolute Gasteiger partial charge is 0.295 e. The standard InChI is InChI=1S/C12H13N3O3/c1-12(4-5-12)7-13-11-14-9-3-2-8(15(16)17)6-10(9)18-11/h2-3,6H,4-5,7H2,1H3,(H,13,14). The van der Waals surface area contributed by atoms with E-state index in [0.717, 1.165) is 6.54 Å². The zero-order chi connectivity index (χ0) is 12.8. The van der Waals surface area contributed by atoms with Crippen LogP contribution < -0.4 is 5.32 Å². The van der Waals surface area contributed by atoms with Crippen LogP contribution in [-0.4, -0.2) is 16.5 Å². The Morgan fingerprint density at radius 1 is 1.56 bits per heavy atom. The lowest BCUT2D eigenvalue weighted by molar-refractivity contribution is -0.384. The molecular formula is C12H13N3O3. The van der Waals surface area contributed by atoms with Gasteiger partial charge in [-0.15, -0.1) is 0 Å². The maximum atomic E-state index is 10.6. The molecule has 2 aromatic rings. The van der Waals surface area contributed by atoms with Gasteiger partial charge in [-0.1, -0.05) is 6.92 Å². The lowest BCUT2D eigenvalue weighted by Crippen LogP contribution is -2.11. The summed E-state index contributed by atoms with van der Waals surface area (Å²) in [5.41, 5.74) is 1.43. The number of oxazole rings is 1. The van der Waals surface area contributed by atoms with Crippen LogP contribution >= 0.6 is 0 Å². The molecule has 1 fully saturated rings. The Balaban J connectivity index is 1.83. The van der Waals surface area contributed by atoms with E-state index in [4.69, 9.17) is 4.42 Å². The van der Waals surface area contributed by atoms with E-state index in [2.05, 4.69) is 17.2 Å². The van der Waals surface area contributed by atoms with Gasteiger partial charge in [0.25, 0.3) is 11.7 Å². The van der Waals surface area contributed by atoms with E-state index in [-0.39, 0.29) is 5.69 Å². The molecule has 3 rings (SSSR count). The van der Waals surface area contributed by atoms with Crippen LogP contribution in [0.1, 0.15) is 19.8 Å². The second kappa shape index (κ2) is 3.69. The van der Waals surface area contributed by atoms with Crippen LogP contribution in [0.25, 0.3) is 11.1 Å². The number of aromatic nitrogens is 1. The highest BCUT2D eigenvalue weighted by Crippen LogP contribution is 2.44. The molecule has 1 saturated carbocycles. The molecule has 1 aromatic carbocycles. The summed E-state index contributed by atoms with van der Waals surface area (Å²) in [4.78, 5) is 14.4.